The Balaban J connectivity index is 2.55. The number of hydrogen-bond acceptors (Lipinski definition) is 2. The predicted molar refractivity (Wildman–Crippen MR) is 78.0 cm³/mol. The number of carbonyl (C=O) groups excluding carboxylic acids is 1. The van der Waals surface area contributed by atoms with Gasteiger partial charge in [0.25, 0.3) is 5.91 Å². The number of nitrogens with zero attached hydrogens (tertiary/aromatic N) is 1. The second kappa shape index (κ2) is 5.87. The summed E-state index contributed by atoms with van der Waals surface area (Å²) in [6.45, 7) is 1.80. The van der Waals surface area contributed by atoms with E-state index in [4.69, 9.17) is 5.73 Å². The normalized spacial score (nSPS) is 11.1. The molecule has 0 spiro atoms. The number of para-hydroxylation sites is 2. The number of benzene rings is 2. The molecule has 0 aromatic heterocycles. The zero-order valence-corrected chi connectivity index (χ0v) is 10.8. The summed E-state index contributed by atoms with van der Waals surface area (Å²) in [5.74, 6) is -0.449. The molecule has 96 valence electrons. The number of amides is 1. The average Bonchev–Trinajstić information content (AvgIpc) is 2.46. The standard InChI is InChI=1S/C16H16N2O/c1-2-15(16(17)19)18(13-9-5-3-6-10-13)14-11-7-4-8-12-14/h2-12H,1H3,(H2,17,19). The fourth-order valence-electron chi connectivity index (χ4n) is 1.96. The van der Waals surface area contributed by atoms with Gasteiger partial charge in [-0.3, -0.25) is 4.79 Å². The van der Waals surface area contributed by atoms with Gasteiger partial charge in [0.2, 0.25) is 0 Å². The van der Waals surface area contributed by atoms with E-state index in [0.717, 1.165) is 11.4 Å². The molecule has 0 aliphatic heterocycles. The molecule has 0 bridgehead atoms. The minimum absolute atomic E-state index is 0.449. The maximum Gasteiger partial charge on any atom is 0.265 e. The maximum absolute atomic E-state index is 11.6. The van der Waals surface area contributed by atoms with Gasteiger partial charge < -0.3 is 10.6 Å². The summed E-state index contributed by atoms with van der Waals surface area (Å²) in [5.41, 5.74) is 7.74. The Morgan fingerprint density at radius 3 is 1.68 bits per heavy atom. The Bertz CT molecular complexity index is 537. The smallest absolute Gasteiger partial charge is 0.265 e. The molecule has 0 radical (unpaired) electrons. The molecule has 0 saturated carbocycles. The third-order valence-electron chi connectivity index (χ3n) is 2.80. The van der Waals surface area contributed by atoms with E-state index in [-0.39, 0.29) is 0 Å². The Kier molecular flexibility index (Phi) is 3.98. The molecule has 0 unspecified atom stereocenters. The zero-order chi connectivity index (χ0) is 13.7. The molecule has 0 saturated heterocycles. The molecule has 0 aliphatic rings. The van der Waals surface area contributed by atoms with E-state index in [2.05, 4.69) is 0 Å². The minimum Gasteiger partial charge on any atom is -0.364 e. The van der Waals surface area contributed by atoms with Crippen molar-refractivity contribution >= 4 is 17.3 Å². The number of hydrogen-bond donors (Lipinski definition) is 1. The summed E-state index contributed by atoms with van der Waals surface area (Å²) in [7, 11) is 0. The molecule has 19 heavy (non-hydrogen) atoms. The van der Waals surface area contributed by atoms with Crippen molar-refractivity contribution in [2.45, 2.75) is 6.92 Å². The van der Waals surface area contributed by atoms with Crippen molar-refractivity contribution in [3.8, 4) is 0 Å². The fraction of sp³-hybridized carbons (Fsp3) is 0.0625. The van der Waals surface area contributed by atoms with Gasteiger partial charge >= 0.3 is 0 Å². The van der Waals surface area contributed by atoms with Crippen molar-refractivity contribution in [3.05, 3.63) is 72.4 Å². The van der Waals surface area contributed by atoms with Crippen LogP contribution in [0.2, 0.25) is 0 Å². The van der Waals surface area contributed by atoms with Crippen LogP contribution in [0.1, 0.15) is 6.92 Å². The van der Waals surface area contributed by atoms with E-state index >= 15 is 0 Å². The van der Waals surface area contributed by atoms with Crippen LogP contribution >= 0.6 is 0 Å². The molecule has 2 rings (SSSR count). The highest BCUT2D eigenvalue weighted by Gasteiger charge is 2.17. The number of rotatable bonds is 4. The molecular weight excluding hydrogens is 236 g/mol. The van der Waals surface area contributed by atoms with Crippen LogP contribution in [0.4, 0.5) is 11.4 Å². The predicted octanol–water partition coefficient (Wildman–Crippen LogP) is 3.21. The number of carbonyl (C=O) groups is 1. The molecule has 1 amide bonds. The first-order valence-electron chi connectivity index (χ1n) is 6.10. The lowest BCUT2D eigenvalue weighted by atomic mass is 10.2. The van der Waals surface area contributed by atoms with Gasteiger partial charge in [0.05, 0.1) is 0 Å². The van der Waals surface area contributed by atoms with Gasteiger partial charge in [-0.05, 0) is 31.2 Å². The molecule has 0 aliphatic carbocycles. The van der Waals surface area contributed by atoms with Gasteiger partial charge in [0.15, 0.2) is 0 Å². The van der Waals surface area contributed by atoms with Crippen molar-refractivity contribution < 1.29 is 4.79 Å². The third kappa shape index (κ3) is 2.83. The number of anilines is 2. The van der Waals surface area contributed by atoms with E-state index in [9.17, 15) is 4.79 Å². The van der Waals surface area contributed by atoms with Gasteiger partial charge in [-0.1, -0.05) is 42.5 Å². The lowest BCUT2D eigenvalue weighted by Gasteiger charge is -2.25. The molecule has 3 nitrogen and oxygen atoms in total. The van der Waals surface area contributed by atoms with Crippen molar-refractivity contribution in [2.24, 2.45) is 5.73 Å². The van der Waals surface area contributed by atoms with Crippen LogP contribution in [-0.2, 0) is 4.79 Å². The summed E-state index contributed by atoms with van der Waals surface area (Å²) < 4.78 is 0. The molecular formula is C16H16N2O. The zero-order valence-electron chi connectivity index (χ0n) is 10.8. The Morgan fingerprint density at radius 2 is 1.37 bits per heavy atom. The average molecular weight is 252 g/mol. The van der Waals surface area contributed by atoms with Gasteiger partial charge in [-0.2, -0.15) is 0 Å². The van der Waals surface area contributed by atoms with Crippen LogP contribution in [0.3, 0.4) is 0 Å². The molecule has 2 N–H and O–H groups in total. The van der Waals surface area contributed by atoms with Gasteiger partial charge in [-0.25, -0.2) is 0 Å². The summed E-state index contributed by atoms with van der Waals surface area (Å²) in [6, 6.07) is 19.4. The van der Waals surface area contributed by atoms with Crippen molar-refractivity contribution in [2.75, 3.05) is 4.90 Å². The van der Waals surface area contributed by atoms with Crippen LogP contribution in [0, 0.1) is 0 Å². The SMILES string of the molecule is CC=C(C(N)=O)N(c1ccccc1)c1ccccc1. The second-order valence-electron chi connectivity index (χ2n) is 4.04. The minimum atomic E-state index is -0.449. The first-order valence-corrected chi connectivity index (χ1v) is 6.10. The van der Waals surface area contributed by atoms with E-state index in [1.54, 1.807) is 13.0 Å². The largest absolute Gasteiger partial charge is 0.364 e. The summed E-state index contributed by atoms with van der Waals surface area (Å²) in [5, 5.41) is 0. The van der Waals surface area contributed by atoms with Crippen molar-refractivity contribution in [1.29, 1.82) is 0 Å². The Morgan fingerprint density at radius 1 is 0.947 bits per heavy atom. The second-order valence-corrected chi connectivity index (χ2v) is 4.04. The van der Waals surface area contributed by atoms with E-state index in [1.807, 2.05) is 65.6 Å². The highest BCUT2D eigenvalue weighted by Crippen LogP contribution is 2.29. The lowest BCUT2D eigenvalue weighted by molar-refractivity contribution is -0.114. The first-order chi connectivity index (χ1) is 9.24. The monoisotopic (exact) mass is 252 g/mol. The van der Waals surface area contributed by atoms with E-state index < -0.39 is 5.91 Å². The maximum atomic E-state index is 11.6. The number of primary amides is 1. The number of allylic oxidation sites excluding steroid dienone is 1. The lowest BCUT2D eigenvalue weighted by Crippen LogP contribution is -2.27. The molecule has 0 heterocycles. The fourth-order valence-corrected chi connectivity index (χ4v) is 1.96. The van der Waals surface area contributed by atoms with Crippen LogP contribution in [-0.4, -0.2) is 5.91 Å². The summed E-state index contributed by atoms with van der Waals surface area (Å²) in [6.07, 6.45) is 1.72. The summed E-state index contributed by atoms with van der Waals surface area (Å²) in [4.78, 5) is 13.5. The van der Waals surface area contributed by atoms with E-state index in [1.165, 1.54) is 0 Å². The molecule has 2 aromatic rings. The van der Waals surface area contributed by atoms with Crippen molar-refractivity contribution in [3.63, 3.8) is 0 Å². The Hall–Kier alpha value is -2.55. The molecule has 0 atom stereocenters. The van der Waals surface area contributed by atoms with Crippen LogP contribution in [0.5, 0.6) is 0 Å². The van der Waals surface area contributed by atoms with Crippen LogP contribution < -0.4 is 10.6 Å². The topological polar surface area (TPSA) is 46.3 Å². The molecule has 3 heteroatoms. The number of nitrogens with two attached hydrogens (primary N) is 1. The Labute approximate surface area is 113 Å². The van der Waals surface area contributed by atoms with Crippen molar-refractivity contribution in [1.82, 2.24) is 0 Å². The highest BCUT2D eigenvalue weighted by atomic mass is 16.1. The highest BCUT2D eigenvalue weighted by molar-refractivity contribution is 5.98. The van der Waals surface area contributed by atoms with E-state index in [0.29, 0.717) is 5.70 Å². The van der Waals surface area contributed by atoms with Crippen LogP contribution in [0.25, 0.3) is 0 Å². The van der Waals surface area contributed by atoms with Gasteiger partial charge in [0.1, 0.15) is 5.70 Å². The summed E-state index contributed by atoms with van der Waals surface area (Å²) >= 11 is 0. The molecule has 2 aromatic carbocycles. The third-order valence-corrected chi connectivity index (χ3v) is 2.80. The van der Waals surface area contributed by atoms with Gasteiger partial charge in [-0.15, -0.1) is 0 Å². The van der Waals surface area contributed by atoms with Gasteiger partial charge in [0, 0.05) is 11.4 Å². The van der Waals surface area contributed by atoms with Crippen LogP contribution in [0.15, 0.2) is 72.4 Å². The quantitative estimate of drug-likeness (QED) is 0.849. The molecule has 0 fully saturated rings. The first kappa shape index (κ1) is 12.9.